The molecule has 3 nitrogen and oxygen atoms in total. The lowest BCUT2D eigenvalue weighted by atomic mass is 10.0. The molecule has 0 aliphatic carbocycles. The summed E-state index contributed by atoms with van der Waals surface area (Å²) in [6.07, 6.45) is 0. The number of fused-ring (bicyclic) bond motifs is 1. The van der Waals surface area contributed by atoms with Crippen molar-refractivity contribution in [2.75, 3.05) is 0 Å². The zero-order valence-electron chi connectivity index (χ0n) is 11.3. The van der Waals surface area contributed by atoms with Crippen molar-refractivity contribution in [3.05, 3.63) is 65.5 Å². The average Bonchev–Trinajstić information content (AvgIpc) is 2.47. The zero-order valence-corrected chi connectivity index (χ0v) is 11.3. The van der Waals surface area contributed by atoms with Gasteiger partial charge in [-0.05, 0) is 30.7 Å². The highest BCUT2D eigenvalue weighted by Gasteiger charge is 2.12. The molecule has 0 N–H and O–H groups in total. The van der Waals surface area contributed by atoms with E-state index in [2.05, 4.69) is 4.98 Å². The number of aryl methyl sites for hydroxylation is 1. The molecule has 1 aromatic heterocycles. The summed E-state index contributed by atoms with van der Waals surface area (Å²) in [5.74, 6) is -1.74. The molecule has 0 saturated carbocycles. The Morgan fingerprint density at radius 2 is 1.90 bits per heavy atom. The van der Waals surface area contributed by atoms with Crippen LogP contribution in [0, 0.1) is 12.7 Å². The van der Waals surface area contributed by atoms with Gasteiger partial charge in [0.15, 0.2) is 0 Å². The van der Waals surface area contributed by atoms with Crippen LogP contribution in [0.3, 0.4) is 0 Å². The van der Waals surface area contributed by atoms with Crippen LogP contribution in [0.25, 0.3) is 22.2 Å². The molecule has 3 rings (SSSR count). The summed E-state index contributed by atoms with van der Waals surface area (Å²) in [6, 6.07) is 12.8. The first-order valence-electron chi connectivity index (χ1n) is 6.44. The van der Waals surface area contributed by atoms with Crippen LogP contribution >= 0.6 is 0 Å². The largest absolute Gasteiger partial charge is 0.545 e. The first kappa shape index (κ1) is 13.2. The molecule has 0 unspecified atom stereocenters. The van der Waals surface area contributed by atoms with Gasteiger partial charge in [-0.15, -0.1) is 0 Å². The van der Waals surface area contributed by atoms with Gasteiger partial charge < -0.3 is 9.90 Å². The fourth-order valence-corrected chi connectivity index (χ4v) is 2.37. The number of carboxylic acid groups (broad SMARTS) is 1. The lowest BCUT2D eigenvalue weighted by Crippen LogP contribution is -2.23. The number of pyridine rings is 1. The monoisotopic (exact) mass is 280 g/mol. The number of carboxylic acids is 1. The predicted octanol–water partition coefficient (Wildman–Crippen LogP) is 2.71. The minimum atomic E-state index is -1.30. The Labute approximate surface area is 120 Å². The van der Waals surface area contributed by atoms with Gasteiger partial charge in [0, 0.05) is 16.5 Å². The van der Waals surface area contributed by atoms with Gasteiger partial charge in [0.1, 0.15) is 5.82 Å². The quantitative estimate of drug-likeness (QED) is 0.725. The van der Waals surface area contributed by atoms with Gasteiger partial charge in [-0.25, -0.2) is 9.37 Å². The van der Waals surface area contributed by atoms with Gasteiger partial charge in [-0.2, -0.15) is 0 Å². The third kappa shape index (κ3) is 2.25. The molecule has 0 amide bonds. The van der Waals surface area contributed by atoms with E-state index in [1.54, 1.807) is 30.3 Å². The van der Waals surface area contributed by atoms with Crippen LogP contribution in [0.2, 0.25) is 0 Å². The van der Waals surface area contributed by atoms with Crippen LogP contribution in [0.4, 0.5) is 4.39 Å². The van der Waals surface area contributed by atoms with E-state index in [9.17, 15) is 14.3 Å². The molecule has 0 aliphatic rings. The topological polar surface area (TPSA) is 53.0 Å². The van der Waals surface area contributed by atoms with Crippen LogP contribution in [-0.4, -0.2) is 11.0 Å². The van der Waals surface area contributed by atoms with Crippen molar-refractivity contribution in [1.82, 2.24) is 4.98 Å². The Bertz CT molecular complexity index is 859. The van der Waals surface area contributed by atoms with Crippen molar-refractivity contribution in [2.24, 2.45) is 0 Å². The summed E-state index contributed by atoms with van der Waals surface area (Å²) in [4.78, 5) is 15.8. The molecule has 4 heteroatoms. The second-order valence-electron chi connectivity index (χ2n) is 4.79. The van der Waals surface area contributed by atoms with Crippen molar-refractivity contribution >= 4 is 16.9 Å². The number of rotatable bonds is 2. The van der Waals surface area contributed by atoms with Crippen LogP contribution in [0.5, 0.6) is 0 Å². The number of hydrogen-bond acceptors (Lipinski definition) is 3. The number of aromatic nitrogens is 1. The number of benzene rings is 2. The Kier molecular flexibility index (Phi) is 3.14. The maximum absolute atomic E-state index is 13.9. The fourth-order valence-electron chi connectivity index (χ4n) is 2.37. The summed E-state index contributed by atoms with van der Waals surface area (Å²) in [5, 5.41) is 11.9. The van der Waals surface area contributed by atoms with E-state index < -0.39 is 11.8 Å². The Morgan fingerprint density at radius 3 is 2.62 bits per heavy atom. The summed E-state index contributed by atoms with van der Waals surface area (Å²) >= 11 is 0. The number of carbonyl (C=O) groups is 1. The number of nitrogens with zero attached hydrogens (tertiary/aromatic N) is 1. The SMILES string of the molecule is Cc1cccc2c(C(=O)[O-])cc(-c3ccccc3F)nc12. The molecule has 0 atom stereocenters. The molecular formula is C17H11FNO2-. The number of aromatic carboxylic acids is 1. The van der Waals surface area contributed by atoms with Crippen molar-refractivity contribution in [3.63, 3.8) is 0 Å². The number of carbonyl (C=O) groups excluding carboxylic acids is 1. The van der Waals surface area contributed by atoms with E-state index in [1.807, 2.05) is 13.0 Å². The first-order chi connectivity index (χ1) is 10.1. The molecule has 0 saturated heterocycles. The third-order valence-electron chi connectivity index (χ3n) is 3.41. The Morgan fingerprint density at radius 1 is 1.14 bits per heavy atom. The van der Waals surface area contributed by atoms with Crippen molar-refractivity contribution in [2.45, 2.75) is 6.92 Å². The van der Waals surface area contributed by atoms with Crippen molar-refractivity contribution < 1.29 is 14.3 Å². The summed E-state index contributed by atoms with van der Waals surface area (Å²) in [7, 11) is 0. The van der Waals surface area contributed by atoms with Gasteiger partial charge >= 0.3 is 0 Å². The normalized spacial score (nSPS) is 10.8. The van der Waals surface area contributed by atoms with Gasteiger partial charge in [-0.3, -0.25) is 0 Å². The van der Waals surface area contributed by atoms with Crippen LogP contribution in [-0.2, 0) is 0 Å². The van der Waals surface area contributed by atoms with E-state index in [4.69, 9.17) is 0 Å². The predicted molar refractivity (Wildman–Crippen MR) is 76.2 cm³/mol. The zero-order chi connectivity index (χ0) is 15.0. The second kappa shape index (κ2) is 4.98. The lowest BCUT2D eigenvalue weighted by molar-refractivity contribution is -0.254. The minimum absolute atomic E-state index is 0.0157. The standard InChI is InChI=1S/C17H12FNO2/c1-10-5-4-7-11-13(17(20)21)9-15(19-16(10)11)12-6-2-3-8-14(12)18/h2-9H,1H3,(H,20,21)/p-1. The minimum Gasteiger partial charge on any atom is -0.545 e. The molecule has 0 fully saturated rings. The second-order valence-corrected chi connectivity index (χ2v) is 4.79. The molecule has 0 radical (unpaired) electrons. The highest BCUT2D eigenvalue weighted by Crippen LogP contribution is 2.27. The fraction of sp³-hybridized carbons (Fsp3) is 0.0588. The van der Waals surface area contributed by atoms with Crippen LogP contribution < -0.4 is 5.11 Å². The molecule has 0 aliphatic heterocycles. The van der Waals surface area contributed by atoms with E-state index in [0.29, 0.717) is 10.9 Å². The smallest absolute Gasteiger partial charge is 0.132 e. The molecule has 104 valence electrons. The van der Waals surface area contributed by atoms with E-state index >= 15 is 0 Å². The number of halogens is 1. The lowest BCUT2D eigenvalue weighted by Gasteiger charge is -2.12. The molecule has 3 aromatic rings. The van der Waals surface area contributed by atoms with Crippen LogP contribution in [0.15, 0.2) is 48.5 Å². The summed E-state index contributed by atoms with van der Waals surface area (Å²) in [5.41, 5.74) is 1.94. The average molecular weight is 280 g/mol. The van der Waals surface area contributed by atoms with Gasteiger partial charge in [0.2, 0.25) is 0 Å². The summed E-state index contributed by atoms with van der Waals surface area (Å²) in [6.45, 7) is 1.83. The van der Waals surface area contributed by atoms with E-state index in [-0.39, 0.29) is 16.8 Å². The number of para-hydroxylation sites is 1. The van der Waals surface area contributed by atoms with Gasteiger partial charge in [0.05, 0.1) is 17.2 Å². The molecule has 2 aromatic carbocycles. The molecule has 0 bridgehead atoms. The van der Waals surface area contributed by atoms with Gasteiger partial charge in [-0.1, -0.05) is 30.3 Å². The Hall–Kier alpha value is -2.75. The third-order valence-corrected chi connectivity index (χ3v) is 3.41. The first-order valence-corrected chi connectivity index (χ1v) is 6.44. The maximum atomic E-state index is 13.9. The van der Waals surface area contributed by atoms with Gasteiger partial charge in [0.25, 0.3) is 0 Å². The van der Waals surface area contributed by atoms with Crippen LogP contribution in [0.1, 0.15) is 15.9 Å². The highest BCUT2D eigenvalue weighted by atomic mass is 19.1. The molecule has 0 spiro atoms. The maximum Gasteiger partial charge on any atom is 0.132 e. The van der Waals surface area contributed by atoms with Crippen molar-refractivity contribution in [1.29, 1.82) is 0 Å². The number of hydrogen-bond donors (Lipinski definition) is 0. The highest BCUT2D eigenvalue weighted by molar-refractivity contribution is 6.03. The molecule has 1 heterocycles. The summed E-state index contributed by atoms with van der Waals surface area (Å²) < 4.78 is 13.9. The van der Waals surface area contributed by atoms with Crippen molar-refractivity contribution in [3.8, 4) is 11.3 Å². The van der Waals surface area contributed by atoms with E-state index in [1.165, 1.54) is 12.1 Å². The molecule has 21 heavy (non-hydrogen) atoms. The van der Waals surface area contributed by atoms with E-state index in [0.717, 1.165) is 5.56 Å². The molecular weight excluding hydrogens is 269 g/mol. The Balaban J connectivity index is 2.38.